The molecular weight excluding hydrogens is 534 g/mol. The largest absolute Gasteiger partial charge is 0.359 e. The number of aryl methyl sites for hydroxylation is 1. The summed E-state index contributed by atoms with van der Waals surface area (Å²) in [5.41, 5.74) is 5.41. The smallest absolute Gasteiger partial charge is 0.324 e. The van der Waals surface area contributed by atoms with E-state index >= 15 is 0 Å². The zero-order chi connectivity index (χ0) is 30.0. The first-order valence-corrected chi connectivity index (χ1v) is 14.4. The molecule has 11 nitrogen and oxygen atoms in total. The number of allylic oxidation sites excluding steroid dienone is 3. The van der Waals surface area contributed by atoms with Crippen LogP contribution in [0.25, 0.3) is 6.08 Å². The number of carbonyl (C=O) groups is 3. The quantitative estimate of drug-likeness (QED) is 0.261. The molecule has 222 valence electrons. The lowest BCUT2D eigenvalue weighted by Crippen LogP contribution is -2.34. The molecule has 42 heavy (non-hydrogen) atoms. The second-order valence-electron chi connectivity index (χ2n) is 12.1. The van der Waals surface area contributed by atoms with Crippen molar-refractivity contribution < 1.29 is 18.9 Å². The average molecular weight is 574 g/mol. The molecule has 0 atom stereocenters. The van der Waals surface area contributed by atoms with Gasteiger partial charge in [-0.3, -0.25) is 14.9 Å². The van der Waals surface area contributed by atoms with Gasteiger partial charge in [-0.2, -0.15) is 0 Å². The van der Waals surface area contributed by atoms with Gasteiger partial charge in [0.05, 0.1) is 12.2 Å². The predicted molar refractivity (Wildman–Crippen MR) is 161 cm³/mol. The number of rotatable bonds is 7. The highest BCUT2D eigenvalue weighted by Crippen LogP contribution is 2.32. The van der Waals surface area contributed by atoms with E-state index < -0.39 is 6.03 Å². The summed E-state index contributed by atoms with van der Waals surface area (Å²) in [5.74, 6) is 0.654. The Morgan fingerprint density at radius 3 is 2.62 bits per heavy atom. The van der Waals surface area contributed by atoms with E-state index in [9.17, 15) is 14.4 Å². The highest BCUT2D eigenvalue weighted by molar-refractivity contribution is 6.07. The van der Waals surface area contributed by atoms with Crippen LogP contribution in [0.1, 0.15) is 75.6 Å². The number of carbonyl (C=O) groups excluding carboxylic acids is 3. The van der Waals surface area contributed by atoms with Gasteiger partial charge in [-0.25, -0.2) is 4.79 Å². The van der Waals surface area contributed by atoms with Crippen molar-refractivity contribution >= 4 is 35.4 Å². The van der Waals surface area contributed by atoms with E-state index in [0.29, 0.717) is 41.0 Å². The van der Waals surface area contributed by atoms with Crippen LogP contribution in [0.5, 0.6) is 0 Å². The molecule has 2 aromatic rings. The van der Waals surface area contributed by atoms with Crippen molar-refractivity contribution in [1.82, 2.24) is 26.1 Å². The Morgan fingerprint density at radius 2 is 1.90 bits per heavy atom. The fourth-order valence-electron chi connectivity index (χ4n) is 5.40. The zero-order valence-electron chi connectivity index (χ0n) is 24.8. The van der Waals surface area contributed by atoms with Crippen molar-refractivity contribution in [3.63, 3.8) is 0 Å². The maximum atomic E-state index is 13.0. The van der Waals surface area contributed by atoms with Crippen LogP contribution in [-0.4, -0.2) is 40.6 Å². The lowest BCUT2D eigenvalue weighted by molar-refractivity contribution is -0.116. The van der Waals surface area contributed by atoms with Gasteiger partial charge in [0.1, 0.15) is 5.76 Å². The highest BCUT2D eigenvalue weighted by atomic mass is 16.5. The highest BCUT2D eigenvalue weighted by Gasteiger charge is 2.28. The third kappa shape index (κ3) is 6.57. The fraction of sp³-hybridized carbons (Fsp3) is 0.419. The predicted octanol–water partition coefficient (Wildman–Crippen LogP) is 4.82. The third-order valence-electron chi connectivity index (χ3n) is 7.75. The molecule has 0 aromatic carbocycles. The number of nitrogens with zero attached hydrogens (tertiary/aromatic N) is 1. The van der Waals surface area contributed by atoms with Crippen LogP contribution in [0.15, 0.2) is 51.4 Å². The fourth-order valence-corrected chi connectivity index (χ4v) is 5.40. The lowest BCUT2D eigenvalue weighted by atomic mass is 9.93. The first-order chi connectivity index (χ1) is 20.0. The van der Waals surface area contributed by atoms with E-state index in [0.717, 1.165) is 41.1 Å². The summed E-state index contributed by atoms with van der Waals surface area (Å²) in [5, 5.41) is 18.7. The van der Waals surface area contributed by atoms with Crippen LogP contribution in [-0.2, 0) is 15.0 Å². The molecule has 1 fully saturated rings. The van der Waals surface area contributed by atoms with Crippen LogP contribution in [0.2, 0.25) is 0 Å². The lowest BCUT2D eigenvalue weighted by Gasteiger charge is -2.12. The Hall–Kier alpha value is -4.38. The van der Waals surface area contributed by atoms with E-state index in [1.807, 2.05) is 46.8 Å². The minimum atomic E-state index is -0.477. The maximum Gasteiger partial charge on any atom is 0.324 e. The van der Waals surface area contributed by atoms with Crippen LogP contribution >= 0.6 is 0 Å². The van der Waals surface area contributed by atoms with Gasteiger partial charge in [0, 0.05) is 45.9 Å². The third-order valence-corrected chi connectivity index (χ3v) is 7.75. The molecule has 11 heteroatoms. The normalized spacial score (nSPS) is 18.2. The number of amides is 4. The monoisotopic (exact) mass is 573 g/mol. The summed E-state index contributed by atoms with van der Waals surface area (Å²) >= 11 is 0. The molecule has 6 N–H and O–H groups in total. The molecule has 1 saturated carbocycles. The summed E-state index contributed by atoms with van der Waals surface area (Å²) in [7, 11) is 0. The van der Waals surface area contributed by atoms with Crippen LogP contribution < -0.4 is 26.6 Å². The maximum absolute atomic E-state index is 13.0. The topological polar surface area (TPSA) is 153 Å². The van der Waals surface area contributed by atoms with Gasteiger partial charge in [-0.1, -0.05) is 44.8 Å². The molecule has 2 aliphatic carbocycles. The molecule has 3 heterocycles. The molecule has 1 aliphatic heterocycles. The van der Waals surface area contributed by atoms with E-state index in [2.05, 4.69) is 36.7 Å². The second-order valence-corrected chi connectivity index (χ2v) is 12.1. The SMILES string of the molecule is Cc1[nH]c(/C=C2\C(=O)NC3=C2CC=CC(NC(=O)Nc2cc(C(C)(C)C)on2)=C3)c(C)c1NC(=O)CNC1CCCC1. The Bertz CT molecular complexity index is 1520. The number of H-pyrrole nitrogens is 1. The Morgan fingerprint density at radius 1 is 1.14 bits per heavy atom. The van der Waals surface area contributed by atoms with Crippen LogP contribution in [0, 0.1) is 13.8 Å². The number of aromatic nitrogens is 2. The van der Waals surface area contributed by atoms with Gasteiger partial charge in [0.15, 0.2) is 5.82 Å². The summed E-state index contributed by atoms with van der Waals surface area (Å²) < 4.78 is 5.33. The zero-order valence-corrected chi connectivity index (χ0v) is 24.8. The Labute approximate surface area is 245 Å². The number of anilines is 2. The summed E-state index contributed by atoms with van der Waals surface area (Å²) in [6.45, 7) is 10.1. The summed E-state index contributed by atoms with van der Waals surface area (Å²) in [6, 6.07) is 1.63. The number of nitrogens with one attached hydrogen (secondary N) is 6. The molecular formula is C31H39N7O4. The molecule has 0 saturated heterocycles. The minimum Gasteiger partial charge on any atom is -0.359 e. The van der Waals surface area contributed by atoms with Crippen LogP contribution in [0.3, 0.4) is 0 Å². The van der Waals surface area contributed by atoms with Crippen molar-refractivity contribution in [2.45, 2.75) is 78.2 Å². The van der Waals surface area contributed by atoms with Gasteiger partial charge in [-0.15, -0.1) is 0 Å². The van der Waals surface area contributed by atoms with E-state index in [4.69, 9.17) is 4.52 Å². The van der Waals surface area contributed by atoms with Crippen molar-refractivity contribution in [3.8, 4) is 0 Å². The second kappa shape index (κ2) is 11.8. The summed E-state index contributed by atoms with van der Waals surface area (Å²) in [6.07, 6.45) is 12.4. The molecule has 0 unspecified atom stereocenters. The number of hydrogen-bond acceptors (Lipinski definition) is 6. The number of aromatic amines is 1. The molecule has 0 radical (unpaired) electrons. The van der Waals surface area contributed by atoms with Gasteiger partial charge >= 0.3 is 6.03 Å². The Balaban J connectivity index is 1.28. The standard InChI is InChI=1S/C31H39N7O4/c1-17-23(33-18(2)28(17)37-27(39)16-32-19-9-6-7-10-19)14-22-21-12-8-11-20(13-24(21)35-29(22)40)34-30(41)36-26-15-25(42-38-26)31(3,4)5/h8,11,13-15,19,32-33H,6-7,9-10,12,16H2,1-5H3,(H,35,40)(H,37,39)(H2,34,36,38,41)/b22-14-. The van der Waals surface area contributed by atoms with Crippen LogP contribution in [0.4, 0.5) is 16.3 Å². The van der Waals surface area contributed by atoms with E-state index in [-0.39, 0.29) is 23.8 Å². The van der Waals surface area contributed by atoms with E-state index in [1.165, 1.54) is 12.8 Å². The van der Waals surface area contributed by atoms with Crippen molar-refractivity contribution in [2.24, 2.45) is 0 Å². The molecule has 0 spiro atoms. The van der Waals surface area contributed by atoms with Crippen molar-refractivity contribution in [2.75, 3.05) is 17.2 Å². The molecule has 0 bridgehead atoms. The van der Waals surface area contributed by atoms with Gasteiger partial charge < -0.3 is 30.8 Å². The number of hydrogen-bond donors (Lipinski definition) is 6. The van der Waals surface area contributed by atoms with Gasteiger partial charge in [0.25, 0.3) is 5.91 Å². The minimum absolute atomic E-state index is 0.0868. The number of urea groups is 1. The molecule has 4 amide bonds. The Kier molecular flexibility index (Phi) is 8.22. The molecule has 5 rings (SSSR count). The van der Waals surface area contributed by atoms with Crippen molar-refractivity contribution in [3.05, 3.63) is 69.5 Å². The van der Waals surface area contributed by atoms with Crippen molar-refractivity contribution in [1.29, 1.82) is 0 Å². The van der Waals surface area contributed by atoms with Gasteiger partial charge in [0.2, 0.25) is 5.91 Å². The summed E-state index contributed by atoms with van der Waals surface area (Å²) in [4.78, 5) is 41.6. The molecule has 2 aromatic heterocycles. The first-order valence-electron chi connectivity index (χ1n) is 14.4. The van der Waals surface area contributed by atoms with Gasteiger partial charge in [-0.05, 0) is 62.5 Å². The first kappa shape index (κ1) is 29.1. The molecule has 3 aliphatic rings. The van der Waals surface area contributed by atoms with E-state index in [1.54, 1.807) is 18.2 Å². The average Bonchev–Trinajstić information content (AvgIpc) is 3.68.